The van der Waals surface area contributed by atoms with E-state index in [1.54, 1.807) is 4.90 Å². The molecule has 1 spiro atoms. The maximum Gasteiger partial charge on any atom is 0.410 e. The highest BCUT2D eigenvalue weighted by atomic mass is 16.6. The third-order valence-electron chi connectivity index (χ3n) is 8.71. The Hall–Kier alpha value is -2.12. The summed E-state index contributed by atoms with van der Waals surface area (Å²) in [5.74, 6) is 0.331. The normalized spacial score (nSPS) is 25.5. The maximum absolute atomic E-state index is 13.2. The molecule has 4 rings (SSSR count). The van der Waals surface area contributed by atoms with Gasteiger partial charge in [0.2, 0.25) is 0 Å². The fourth-order valence-electron chi connectivity index (χ4n) is 6.45. The van der Waals surface area contributed by atoms with E-state index in [9.17, 15) is 9.59 Å². The molecule has 3 N–H and O–H groups in total. The number of carbonyl (C=O) groups excluding carboxylic acids is 2. The Morgan fingerprint density at radius 3 is 1.95 bits per heavy atom. The van der Waals surface area contributed by atoms with E-state index in [1.165, 1.54) is 69.8 Å². The van der Waals surface area contributed by atoms with Crippen LogP contribution < -0.4 is 11.1 Å². The van der Waals surface area contributed by atoms with Crippen molar-refractivity contribution in [2.75, 3.05) is 32.7 Å². The maximum atomic E-state index is 13.2. The zero-order valence-electron chi connectivity index (χ0n) is 24.0. The highest BCUT2D eigenvalue weighted by molar-refractivity contribution is 5.94. The van der Waals surface area contributed by atoms with Gasteiger partial charge in [-0.05, 0) is 57.7 Å². The molecule has 1 saturated carbocycles. The van der Waals surface area contributed by atoms with Crippen LogP contribution in [0.4, 0.5) is 4.79 Å². The van der Waals surface area contributed by atoms with Gasteiger partial charge in [-0.2, -0.15) is 0 Å². The van der Waals surface area contributed by atoms with Crippen LogP contribution in [0.1, 0.15) is 113 Å². The van der Waals surface area contributed by atoms with Crippen molar-refractivity contribution in [3.8, 4) is 0 Å². The lowest BCUT2D eigenvalue weighted by Crippen LogP contribution is -2.58. The lowest BCUT2D eigenvalue weighted by atomic mass is 9.72. The van der Waals surface area contributed by atoms with Gasteiger partial charge in [-0.3, -0.25) is 4.79 Å². The third-order valence-corrected chi connectivity index (χ3v) is 8.71. The zero-order valence-corrected chi connectivity index (χ0v) is 24.0. The summed E-state index contributed by atoms with van der Waals surface area (Å²) in [4.78, 5) is 29.1. The second-order valence-corrected chi connectivity index (χ2v) is 12.8. The fraction of sp³-hybridized carbons (Fsp3) is 0.742. The van der Waals surface area contributed by atoms with Crippen molar-refractivity contribution in [3.63, 3.8) is 0 Å². The van der Waals surface area contributed by atoms with E-state index in [0.717, 1.165) is 13.0 Å². The van der Waals surface area contributed by atoms with Crippen LogP contribution in [-0.4, -0.2) is 71.7 Å². The SMILES string of the molecule is CC(C)(C)OC(=O)N1CCN(C(=O)c2ccc(C3CC4(CCCCCCCCCC4)NCC3N)cc2)CC1. The number of benzene rings is 1. The molecule has 0 aromatic heterocycles. The number of nitrogens with one attached hydrogen (secondary N) is 1. The van der Waals surface area contributed by atoms with Crippen LogP contribution in [0.3, 0.4) is 0 Å². The average Bonchev–Trinajstić information content (AvgIpc) is 2.95. The first kappa shape index (κ1) is 28.9. The molecule has 2 heterocycles. The standard InChI is InChI=1S/C31H50N4O3/c1-30(2,3)38-29(37)35-20-18-34(19-21-35)28(36)25-14-12-24(13-15-25)26-22-31(33-23-27(26)32)16-10-8-6-4-5-7-9-11-17-31/h12-15,26-27,33H,4-11,16-23,32H2,1-3H3. The Bertz CT molecular complexity index is 906. The van der Waals surface area contributed by atoms with E-state index < -0.39 is 5.60 Å². The Morgan fingerprint density at radius 2 is 1.39 bits per heavy atom. The van der Waals surface area contributed by atoms with Crippen LogP contribution in [-0.2, 0) is 4.74 Å². The zero-order chi connectivity index (χ0) is 27.2. The molecule has 0 bridgehead atoms. The van der Waals surface area contributed by atoms with E-state index in [2.05, 4.69) is 17.4 Å². The van der Waals surface area contributed by atoms with Crippen LogP contribution in [0, 0.1) is 0 Å². The largest absolute Gasteiger partial charge is 0.444 e. The second kappa shape index (κ2) is 12.8. The number of hydrogen-bond acceptors (Lipinski definition) is 5. The van der Waals surface area contributed by atoms with Gasteiger partial charge in [0.25, 0.3) is 5.91 Å². The van der Waals surface area contributed by atoms with Crippen LogP contribution >= 0.6 is 0 Å². The number of ether oxygens (including phenoxy) is 1. The molecule has 7 nitrogen and oxygen atoms in total. The summed E-state index contributed by atoms with van der Waals surface area (Å²) in [6, 6.07) is 8.27. The molecular formula is C31H50N4O3. The summed E-state index contributed by atoms with van der Waals surface area (Å²) in [5.41, 5.74) is 8.28. The van der Waals surface area contributed by atoms with E-state index in [1.807, 2.05) is 37.8 Å². The lowest BCUT2D eigenvalue weighted by molar-refractivity contribution is 0.0141. The Labute approximate surface area is 229 Å². The molecule has 7 heteroatoms. The van der Waals surface area contributed by atoms with Crippen molar-refractivity contribution >= 4 is 12.0 Å². The molecule has 2 amide bonds. The summed E-state index contributed by atoms with van der Waals surface area (Å²) in [7, 11) is 0. The Morgan fingerprint density at radius 1 is 0.868 bits per heavy atom. The minimum absolute atomic E-state index is 0.0230. The van der Waals surface area contributed by atoms with Gasteiger partial charge >= 0.3 is 6.09 Å². The van der Waals surface area contributed by atoms with E-state index in [-0.39, 0.29) is 23.6 Å². The van der Waals surface area contributed by atoms with Crippen molar-refractivity contribution in [2.45, 2.75) is 114 Å². The fourth-order valence-corrected chi connectivity index (χ4v) is 6.45. The number of amides is 2. The van der Waals surface area contributed by atoms with Crippen molar-refractivity contribution in [1.82, 2.24) is 15.1 Å². The summed E-state index contributed by atoms with van der Waals surface area (Å²) in [5, 5.41) is 3.89. The predicted molar refractivity (Wildman–Crippen MR) is 152 cm³/mol. The molecule has 1 aromatic rings. The van der Waals surface area contributed by atoms with Gasteiger partial charge in [0.15, 0.2) is 0 Å². The quantitative estimate of drug-likeness (QED) is 0.536. The molecular weight excluding hydrogens is 476 g/mol. The van der Waals surface area contributed by atoms with Gasteiger partial charge in [-0.15, -0.1) is 0 Å². The summed E-state index contributed by atoms with van der Waals surface area (Å²) < 4.78 is 5.48. The monoisotopic (exact) mass is 526 g/mol. The molecule has 1 aliphatic carbocycles. The van der Waals surface area contributed by atoms with Crippen LogP contribution in [0.25, 0.3) is 0 Å². The molecule has 38 heavy (non-hydrogen) atoms. The third kappa shape index (κ3) is 7.72. The highest BCUT2D eigenvalue weighted by Gasteiger charge is 2.39. The molecule has 1 aromatic carbocycles. The van der Waals surface area contributed by atoms with Crippen LogP contribution in [0.2, 0.25) is 0 Å². The van der Waals surface area contributed by atoms with Gasteiger partial charge in [0.05, 0.1) is 0 Å². The first-order chi connectivity index (χ1) is 18.2. The predicted octanol–water partition coefficient (Wildman–Crippen LogP) is 5.44. The molecule has 2 unspecified atom stereocenters. The van der Waals surface area contributed by atoms with E-state index in [0.29, 0.717) is 37.7 Å². The minimum Gasteiger partial charge on any atom is -0.444 e. The minimum atomic E-state index is -0.518. The van der Waals surface area contributed by atoms with Crippen LogP contribution in [0.15, 0.2) is 24.3 Å². The van der Waals surface area contributed by atoms with E-state index >= 15 is 0 Å². The smallest absolute Gasteiger partial charge is 0.410 e. The number of piperidine rings is 1. The molecule has 0 radical (unpaired) electrons. The first-order valence-corrected chi connectivity index (χ1v) is 15.0. The number of nitrogens with two attached hydrogens (primary N) is 1. The molecule has 3 aliphatic rings. The number of rotatable bonds is 2. The Kier molecular flexibility index (Phi) is 9.74. The van der Waals surface area contributed by atoms with Crippen molar-refractivity contribution < 1.29 is 14.3 Å². The van der Waals surface area contributed by atoms with Gasteiger partial charge in [-0.1, -0.05) is 63.5 Å². The van der Waals surface area contributed by atoms with Crippen LogP contribution in [0.5, 0.6) is 0 Å². The Balaban J connectivity index is 1.36. The lowest BCUT2D eigenvalue weighted by Gasteiger charge is -2.45. The number of piperazine rings is 1. The number of carbonyl (C=O) groups is 2. The van der Waals surface area contributed by atoms with Gasteiger partial charge < -0.3 is 25.6 Å². The van der Waals surface area contributed by atoms with E-state index in [4.69, 9.17) is 10.5 Å². The molecule has 3 fully saturated rings. The summed E-state index contributed by atoms with van der Waals surface area (Å²) >= 11 is 0. The first-order valence-electron chi connectivity index (χ1n) is 15.0. The van der Waals surface area contributed by atoms with Gasteiger partial charge in [0, 0.05) is 55.8 Å². The van der Waals surface area contributed by atoms with Gasteiger partial charge in [-0.25, -0.2) is 4.79 Å². The summed E-state index contributed by atoms with van der Waals surface area (Å²) in [6.07, 6.45) is 14.0. The van der Waals surface area contributed by atoms with Crippen molar-refractivity contribution in [2.24, 2.45) is 5.73 Å². The topological polar surface area (TPSA) is 87.9 Å². The molecule has 2 atom stereocenters. The molecule has 212 valence electrons. The van der Waals surface area contributed by atoms with Gasteiger partial charge in [0.1, 0.15) is 5.60 Å². The molecule has 2 aliphatic heterocycles. The highest BCUT2D eigenvalue weighted by Crippen LogP contribution is 2.39. The summed E-state index contributed by atoms with van der Waals surface area (Å²) in [6.45, 7) is 8.47. The van der Waals surface area contributed by atoms with Crippen molar-refractivity contribution in [1.29, 1.82) is 0 Å². The number of hydrogen-bond donors (Lipinski definition) is 2. The average molecular weight is 527 g/mol. The van der Waals surface area contributed by atoms with Crippen molar-refractivity contribution in [3.05, 3.63) is 35.4 Å². The second-order valence-electron chi connectivity index (χ2n) is 12.8. The molecule has 2 saturated heterocycles. The number of nitrogens with zero attached hydrogens (tertiary/aromatic N) is 2.